The first-order chi connectivity index (χ1) is 11.2. The number of amides is 1. The molecule has 23 heavy (non-hydrogen) atoms. The zero-order valence-electron chi connectivity index (χ0n) is 14.0. The molecule has 1 heterocycles. The van der Waals surface area contributed by atoms with Crippen LogP contribution in [0.25, 0.3) is 0 Å². The average Bonchev–Trinajstić information content (AvgIpc) is 2.56. The molecule has 1 saturated heterocycles. The van der Waals surface area contributed by atoms with Crippen LogP contribution in [0.1, 0.15) is 24.8 Å². The second-order valence-corrected chi connectivity index (χ2v) is 6.77. The van der Waals surface area contributed by atoms with E-state index in [9.17, 15) is 4.79 Å². The molecule has 1 amide bonds. The summed E-state index contributed by atoms with van der Waals surface area (Å²) in [5.74, 6) is 0.944. The van der Waals surface area contributed by atoms with Crippen LogP contribution in [0.4, 0.5) is 0 Å². The number of likely N-dealkylation sites (tertiary alicyclic amines) is 1. The molecule has 0 spiro atoms. The standard InChI is InChI=1S/C18H28ClN3O/c1-20-10-6-16-8-12-22(13-9-16)14-18(23)21-11-7-15-2-4-17(19)5-3-15/h2-5,16,20H,6-14H2,1H3,(H,21,23). The summed E-state index contributed by atoms with van der Waals surface area (Å²) in [6.07, 6.45) is 4.51. The molecule has 1 aliphatic rings. The maximum atomic E-state index is 12.0. The number of carbonyl (C=O) groups excluding carboxylic acids is 1. The van der Waals surface area contributed by atoms with E-state index in [-0.39, 0.29) is 5.91 Å². The van der Waals surface area contributed by atoms with Crippen LogP contribution in [0, 0.1) is 5.92 Å². The third-order valence-corrected chi connectivity index (χ3v) is 4.78. The Morgan fingerprint density at radius 3 is 2.57 bits per heavy atom. The molecule has 128 valence electrons. The van der Waals surface area contributed by atoms with Crippen molar-refractivity contribution in [3.05, 3.63) is 34.9 Å². The van der Waals surface area contributed by atoms with Crippen molar-refractivity contribution in [1.82, 2.24) is 15.5 Å². The minimum Gasteiger partial charge on any atom is -0.355 e. The average molecular weight is 338 g/mol. The molecule has 1 aliphatic heterocycles. The van der Waals surface area contributed by atoms with Crippen LogP contribution in [0.3, 0.4) is 0 Å². The SMILES string of the molecule is CNCCC1CCN(CC(=O)NCCc2ccc(Cl)cc2)CC1. The molecule has 0 bridgehead atoms. The van der Waals surface area contributed by atoms with E-state index in [1.165, 1.54) is 24.8 Å². The lowest BCUT2D eigenvalue weighted by Crippen LogP contribution is -2.42. The third kappa shape index (κ3) is 6.90. The van der Waals surface area contributed by atoms with Gasteiger partial charge in [0.2, 0.25) is 5.91 Å². The highest BCUT2D eigenvalue weighted by Gasteiger charge is 2.20. The highest BCUT2D eigenvalue weighted by molar-refractivity contribution is 6.30. The molecule has 0 saturated carbocycles. The second kappa shape index (κ2) is 9.91. The summed E-state index contributed by atoms with van der Waals surface area (Å²) in [4.78, 5) is 14.3. The molecular formula is C18H28ClN3O. The van der Waals surface area contributed by atoms with Crippen LogP contribution in [-0.2, 0) is 11.2 Å². The lowest BCUT2D eigenvalue weighted by molar-refractivity contribution is -0.122. The fraction of sp³-hybridized carbons (Fsp3) is 0.611. The van der Waals surface area contributed by atoms with Crippen molar-refractivity contribution < 1.29 is 4.79 Å². The van der Waals surface area contributed by atoms with Gasteiger partial charge < -0.3 is 10.6 Å². The monoisotopic (exact) mass is 337 g/mol. The normalized spacial score (nSPS) is 16.4. The van der Waals surface area contributed by atoms with E-state index in [4.69, 9.17) is 11.6 Å². The Balaban J connectivity index is 1.59. The van der Waals surface area contributed by atoms with E-state index in [1.54, 1.807) is 0 Å². The number of piperidine rings is 1. The summed E-state index contributed by atoms with van der Waals surface area (Å²) in [6, 6.07) is 7.78. The molecule has 0 aliphatic carbocycles. The van der Waals surface area contributed by atoms with E-state index in [0.29, 0.717) is 13.1 Å². The minimum atomic E-state index is 0.132. The smallest absolute Gasteiger partial charge is 0.234 e. The van der Waals surface area contributed by atoms with Crippen LogP contribution in [0.15, 0.2) is 24.3 Å². The summed E-state index contributed by atoms with van der Waals surface area (Å²) in [5, 5.41) is 6.97. The molecule has 2 N–H and O–H groups in total. The van der Waals surface area contributed by atoms with Gasteiger partial charge in [0.05, 0.1) is 6.54 Å². The first-order valence-electron chi connectivity index (χ1n) is 8.55. The van der Waals surface area contributed by atoms with Gasteiger partial charge in [-0.3, -0.25) is 9.69 Å². The van der Waals surface area contributed by atoms with E-state index < -0.39 is 0 Å². The van der Waals surface area contributed by atoms with Gasteiger partial charge in [-0.2, -0.15) is 0 Å². The molecular weight excluding hydrogens is 310 g/mol. The highest BCUT2D eigenvalue weighted by Crippen LogP contribution is 2.19. The number of hydrogen-bond donors (Lipinski definition) is 2. The molecule has 2 rings (SSSR count). The molecule has 5 heteroatoms. The van der Waals surface area contributed by atoms with Gasteiger partial charge in [-0.05, 0) is 76.0 Å². The lowest BCUT2D eigenvalue weighted by atomic mass is 9.93. The summed E-state index contributed by atoms with van der Waals surface area (Å²) in [5.41, 5.74) is 1.19. The Bertz CT molecular complexity index is 470. The number of nitrogens with zero attached hydrogens (tertiary/aromatic N) is 1. The van der Waals surface area contributed by atoms with Gasteiger partial charge in [-0.15, -0.1) is 0 Å². The van der Waals surface area contributed by atoms with E-state index in [2.05, 4.69) is 15.5 Å². The van der Waals surface area contributed by atoms with Crippen molar-refractivity contribution in [2.45, 2.75) is 25.7 Å². The predicted molar refractivity (Wildman–Crippen MR) is 95.9 cm³/mol. The Morgan fingerprint density at radius 2 is 1.91 bits per heavy atom. The molecule has 1 fully saturated rings. The number of hydrogen-bond acceptors (Lipinski definition) is 3. The molecule has 0 unspecified atom stereocenters. The first-order valence-corrected chi connectivity index (χ1v) is 8.93. The van der Waals surface area contributed by atoms with Crippen LogP contribution in [-0.4, -0.2) is 50.6 Å². The minimum absolute atomic E-state index is 0.132. The zero-order valence-corrected chi connectivity index (χ0v) is 14.7. The Kier molecular flexibility index (Phi) is 7.86. The zero-order chi connectivity index (χ0) is 16.5. The van der Waals surface area contributed by atoms with Crippen LogP contribution in [0.2, 0.25) is 5.02 Å². The van der Waals surface area contributed by atoms with Gasteiger partial charge in [0.25, 0.3) is 0 Å². The number of rotatable bonds is 8. The van der Waals surface area contributed by atoms with Crippen molar-refractivity contribution in [2.75, 3.05) is 39.8 Å². The first kappa shape index (κ1) is 18.2. The highest BCUT2D eigenvalue weighted by atomic mass is 35.5. The van der Waals surface area contributed by atoms with Crippen molar-refractivity contribution in [3.8, 4) is 0 Å². The quantitative estimate of drug-likeness (QED) is 0.765. The molecule has 0 radical (unpaired) electrons. The van der Waals surface area contributed by atoms with Crippen LogP contribution < -0.4 is 10.6 Å². The van der Waals surface area contributed by atoms with Gasteiger partial charge in [-0.25, -0.2) is 0 Å². The fourth-order valence-electron chi connectivity index (χ4n) is 3.04. The molecule has 1 aromatic rings. The van der Waals surface area contributed by atoms with E-state index in [0.717, 1.165) is 37.0 Å². The second-order valence-electron chi connectivity index (χ2n) is 6.34. The Labute approximate surface area is 144 Å². The van der Waals surface area contributed by atoms with Gasteiger partial charge in [0, 0.05) is 11.6 Å². The number of benzene rings is 1. The van der Waals surface area contributed by atoms with Crippen molar-refractivity contribution >= 4 is 17.5 Å². The topological polar surface area (TPSA) is 44.4 Å². The fourth-order valence-corrected chi connectivity index (χ4v) is 3.16. The van der Waals surface area contributed by atoms with E-state index >= 15 is 0 Å². The Hall–Kier alpha value is -1.10. The van der Waals surface area contributed by atoms with Crippen molar-refractivity contribution in [1.29, 1.82) is 0 Å². The van der Waals surface area contributed by atoms with Gasteiger partial charge >= 0.3 is 0 Å². The van der Waals surface area contributed by atoms with Gasteiger partial charge in [0.1, 0.15) is 0 Å². The predicted octanol–water partition coefficient (Wildman–Crippen LogP) is 2.32. The largest absolute Gasteiger partial charge is 0.355 e. The molecule has 4 nitrogen and oxygen atoms in total. The Morgan fingerprint density at radius 1 is 1.22 bits per heavy atom. The summed E-state index contributed by atoms with van der Waals surface area (Å²) in [7, 11) is 2.00. The maximum Gasteiger partial charge on any atom is 0.234 e. The third-order valence-electron chi connectivity index (χ3n) is 4.53. The van der Waals surface area contributed by atoms with Crippen molar-refractivity contribution in [3.63, 3.8) is 0 Å². The lowest BCUT2D eigenvalue weighted by Gasteiger charge is -2.31. The summed E-state index contributed by atoms with van der Waals surface area (Å²) in [6.45, 7) is 4.38. The maximum absolute atomic E-state index is 12.0. The van der Waals surface area contributed by atoms with Gasteiger partial charge in [-0.1, -0.05) is 23.7 Å². The van der Waals surface area contributed by atoms with Gasteiger partial charge in [0.15, 0.2) is 0 Å². The summed E-state index contributed by atoms with van der Waals surface area (Å²) < 4.78 is 0. The van der Waals surface area contributed by atoms with Crippen LogP contribution >= 0.6 is 11.6 Å². The molecule has 1 aromatic carbocycles. The van der Waals surface area contributed by atoms with Crippen molar-refractivity contribution in [2.24, 2.45) is 5.92 Å². The number of nitrogens with one attached hydrogen (secondary N) is 2. The summed E-state index contributed by atoms with van der Waals surface area (Å²) >= 11 is 5.86. The van der Waals surface area contributed by atoms with E-state index in [1.807, 2.05) is 31.3 Å². The molecule has 0 atom stereocenters. The number of halogens is 1. The van der Waals surface area contributed by atoms with Crippen LogP contribution in [0.5, 0.6) is 0 Å². The molecule has 0 aromatic heterocycles. The number of carbonyl (C=O) groups is 1.